The number of hydrogen-bond acceptors (Lipinski definition) is 3. The Kier molecular flexibility index (Phi) is 5.64. The van der Waals surface area contributed by atoms with Crippen LogP contribution in [-0.2, 0) is 0 Å². The zero-order valence-electron chi connectivity index (χ0n) is 26.1. The first kappa shape index (κ1) is 27.1. The van der Waals surface area contributed by atoms with E-state index in [2.05, 4.69) is 88.0 Å². The van der Waals surface area contributed by atoms with Crippen LogP contribution in [0.4, 0.5) is 0 Å². The minimum atomic E-state index is 0.528. The SMILES string of the molecule is N#Cc1cccc(-c2cccc(C#N)c2-n2c3ccccc3c3c4oc5ccccc5c4ccc32)c1-n1c2ccccc2c2ccccc21. The van der Waals surface area contributed by atoms with Crippen LogP contribution in [0.3, 0.4) is 0 Å². The Morgan fingerprint density at radius 2 is 0.898 bits per heavy atom. The maximum absolute atomic E-state index is 10.7. The second kappa shape index (κ2) is 10.2. The number of rotatable bonds is 3. The van der Waals surface area contributed by atoms with E-state index in [4.69, 9.17) is 4.42 Å². The van der Waals surface area contributed by atoms with Gasteiger partial charge in [-0.3, -0.25) is 0 Å². The van der Waals surface area contributed by atoms with Gasteiger partial charge in [-0.15, -0.1) is 0 Å². The third-order valence-corrected chi connectivity index (χ3v) is 9.81. The molecule has 3 heterocycles. The molecule has 0 saturated carbocycles. The van der Waals surface area contributed by atoms with E-state index in [0.717, 1.165) is 88.1 Å². The summed E-state index contributed by atoms with van der Waals surface area (Å²) in [4.78, 5) is 0. The molecule has 5 nitrogen and oxygen atoms in total. The number of benzene rings is 7. The van der Waals surface area contributed by atoms with Gasteiger partial charge in [0.05, 0.1) is 50.0 Å². The van der Waals surface area contributed by atoms with Crippen molar-refractivity contribution in [2.75, 3.05) is 0 Å². The maximum Gasteiger partial charge on any atom is 0.145 e. The van der Waals surface area contributed by atoms with Gasteiger partial charge in [-0.2, -0.15) is 10.5 Å². The van der Waals surface area contributed by atoms with Crippen molar-refractivity contribution in [1.29, 1.82) is 10.5 Å². The molecule has 0 radical (unpaired) electrons. The zero-order valence-corrected chi connectivity index (χ0v) is 26.1. The van der Waals surface area contributed by atoms with Gasteiger partial charge >= 0.3 is 0 Å². The van der Waals surface area contributed by atoms with E-state index in [1.54, 1.807) is 0 Å². The van der Waals surface area contributed by atoms with Crippen LogP contribution in [0.1, 0.15) is 11.1 Å². The van der Waals surface area contributed by atoms with Gasteiger partial charge in [0.2, 0.25) is 0 Å². The summed E-state index contributed by atoms with van der Waals surface area (Å²) in [6.45, 7) is 0. The summed E-state index contributed by atoms with van der Waals surface area (Å²) in [6, 6.07) is 54.0. The number of nitriles is 2. The van der Waals surface area contributed by atoms with Crippen LogP contribution in [0.2, 0.25) is 0 Å². The third kappa shape index (κ3) is 3.67. The molecule has 10 aromatic rings. The predicted octanol–water partition coefficient (Wildman–Crippen LogP) is 11.2. The average molecular weight is 625 g/mol. The number of nitrogens with zero attached hydrogens (tertiary/aromatic N) is 4. The Morgan fingerprint density at radius 1 is 0.408 bits per heavy atom. The second-order valence-electron chi connectivity index (χ2n) is 12.3. The highest BCUT2D eigenvalue weighted by Gasteiger charge is 2.25. The van der Waals surface area contributed by atoms with Crippen molar-refractivity contribution in [3.05, 3.63) is 157 Å². The standard InChI is InChI=1S/C44H24N4O/c45-25-27-11-9-17-32(42(27)47-36-19-5-1-13-29(36)30-14-2-6-20-37(30)47)33-18-10-12-28(26-46)43(33)48-38-21-7-3-16-35(38)41-39(48)24-23-34-31-15-4-8-22-40(31)49-44(34)41/h1-24H. The Balaban J connectivity index is 1.36. The van der Waals surface area contributed by atoms with Gasteiger partial charge in [0.15, 0.2) is 0 Å². The molecule has 7 aromatic carbocycles. The Bertz CT molecular complexity index is 3030. The van der Waals surface area contributed by atoms with Crippen molar-refractivity contribution >= 4 is 65.6 Å². The van der Waals surface area contributed by atoms with Gasteiger partial charge in [0.25, 0.3) is 0 Å². The topological polar surface area (TPSA) is 70.6 Å². The first-order chi connectivity index (χ1) is 24.3. The summed E-state index contributed by atoms with van der Waals surface area (Å²) in [7, 11) is 0. The first-order valence-electron chi connectivity index (χ1n) is 16.2. The highest BCUT2D eigenvalue weighted by atomic mass is 16.3. The van der Waals surface area contributed by atoms with Crippen LogP contribution in [0, 0.1) is 22.7 Å². The third-order valence-electron chi connectivity index (χ3n) is 9.81. The van der Waals surface area contributed by atoms with Crippen LogP contribution in [0.5, 0.6) is 0 Å². The summed E-state index contributed by atoms with van der Waals surface area (Å²) >= 11 is 0. The van der Waals surface area contributed by atoms with Crippen LogP contribution >= 0.6 is 0 Å². The molecule has 5 heteroatoms. The Hall–Kier alpha value is -7.08. The zero-order chi connectivity index (χ0) is 32.6. The van der Waals surface area contributed by atoms with Gasteiger partial charge in [-0.05, 0) is 48.5 Å². The molecular formula is C44H24N4O. The van der Waals surface area contributed by atoms with E-state index in [-0.39, 0.29) is 0 Å². The molecule has 3 aromatic heterocycles. The highest BCUT2D eigenvalue weighted by Crippen LogP contribution is 2.45. The predicted molar refractivity (Wildman–Crippen MR) is 197 cm³/mol. The van der Waals surface area contributed by atoms with Crippen molar-refractivity contribution in [3.8, 4) is 34.6 Å². The highest BCUT2D eigenvalue weighted by molar-refractivity contribution is 6.24. The lowest BCUT2D eigenvalue weighted by atomic mass is 9.95. The van der Waals surface area contributed by atoms with E-state index >= 15 is 0 Å². The van der Waals surface area contributed by atoms with E-state index in [9.17, 15) is 10.5 Å². The van der Waals surface area contributed by atoms with E-state index in [1.165, 1.54) is 0 Å². The quantitative estimate of drug-likeness (QED) is 0.196. The van der Waals surface area contributed by atoms with Crippen molar-refractivity contribution < 1.29 is 4.42 Å². The summed E-state index contributed by atoms with van der Waals surface area (Å²) in [5, 5.41) is 27.7. The fraction of sp³-hybridized carbons (Fsp3) is 0. The van der Waals surface area contributed by atoms with Crippen molar-refractivity contribution in [3.63, 3.8) is 0 Å². The molecule has 0 fully saturated rings. The number of hydrogen-bond donors (Lipinski definition) is 0. The fourth-order valence-corrected chi connectivity index (χ4v) is 7.82. The van der Waals surface area contributed by atoms with Crippen molar-refractivity contribution in [2.45, 2.75) is 0 Å². The van der Waals surface area contributed by atoms with Crippen LogP contribution < -0.4 is 0 Å². The maximum atomic E-state index is 10.7. The molecule has 0 unspecified atom stereocenters. The molecule has 0 aliphatic heterocycles. The molecule has 0 atom stereocenters. The van der Waals surface area contributed by atoms with Crippen LogP contribution in [0.25, 0.3) is 88.1 Å². The molecule has 10 rings (SSSR count). The molecule has 0 aliphatic carbocycles. The number of para-hydroxylation sites is 6. The first-order valence-corrected chi connectivity index (χ1v) is 16.2. The molecule has 226 valence electrons. The van der Waals surface area contributed by atoms with Crippen molar-refractivity contribution in [2.24, 2.45) is 0 Å². The smallest absolute Gasteiger partial charge is 0.145 e. The Labute approximate surface area is 280 Å². The normalized spacial score (nSPS) is 11.6. The molecule has 0 N–H and O–H groups in total. The minimum absolute atomic E-state index is 0.528. The van der Waals surface area contributed by atoms with Crippen molar-refractivity contribution in [1.82, 2.24) is 9.13 Å². The number of fused-ring (bicyclic) bond motifs is 10. The minimum Gasteiger partial charge on any atom is -0.455 e. The lowest BCUT2D eigenvalue weighted by Gasteiger charge is -2.20. The van der Waals surface area contributed by atoms with Gasteiger partial charge in [-0.25, -0.2) is 0 Å². The largest absolute Gasteiger partial charge is 0.455 e. The monoisotopic (exact) mass is 624 g/mol. The molecule has 0 saturated heterocycles. The molecule has 0 spiro atoms. The average Bonchev–Trinajstić information content (AvgIpc) is 3.82. The molecule has 0 aliphatic rings. The van der Waals surface area contributed by atoms with E-state index < -0.39 is 0 Å². The lowest BCUT2D eigenvalue weighted by Crippen LogP contribution is -2.05. The summed E-state index contributed by atoms with van der Waals surface area (Å²) in [6.07, 6.45) is 0. The summed E-state index contributed by atoms with van der Waals surface area (Å²) in [5.74, 6) is 0. The van der Waals surface area contributed by atoms with Crippen LogP contribution in [-0.4, -0.2) is 9.13 Å². The number of aromatic nitrogens is 2. The molecule has 0 amide bonds. The fourth-order valence-electron chi connectivity index (χ4n) is 7.82. The molecular weight excluding hydrogens is 601 g/mol. The van der Waals surface area contributed by atoms with E-state index in [1.807, 2.05) is 78.9 Å². The molecule has 0 bridgehead atoms. The van der Waals surface area contributed by atoms with Gasteiger partial charge in [0.1, 0.15) is 23.3 Å². The van der Waals surface area contributed by atoms with Gasteiger partial charge in [0, 0.05) is 38.1 Å². The van der Waals surface area contributed by atoms with E-state index in [0.29, 0.717) is 11.1 Å². The molecule has 49 heavy (non-hydrogen) atoms. The van der Waals surface area contributed by atoms with Gasteiger partial charge < -0.3 is 13.6 Å². The summed E-state index contributed by atoms with van der Waals surface area (Å²) < 4.78 is 11.0. The van der Waals surface area contributed by atoms with Crippen LogP contribution in [0.15, 0.2) is 150 Å². The summed E-state index contributed by atoms with van der Waals surface area (Å²) in [5.41, 5.74) is 9.88. The number of furan rings is 1. The lowest BCUT2D eigenvalue weighted by molar-refractivity contribution is 0.673. The Morgan fingerprint density at radius 3 is 1.49 bits per heavy atom. The van der Waals surface area contributed by atoms with Gasteiger partial charge in [-0.1, -0.05) is 97.1 Å². The second-order valence-corrected chi connectivity index (χ2v) is 12.3.